The second kappa shape index (κ2) is 4.00. The maximum Gasteiger partial charge on any atom is 0.223 e. The van der Waals surface area contributed by atoms with Crippen molar-refractivity contribution in [2.24, 2.45) is 0 Å². The molecule has 0 saturated carbocycles. The number of rotatable bonds is 2. The van der Waals surface area contributed by atoms with E-state index in [1.54, 1.807) is 18.2 Å². The Balaban J connectivity index is 2.26. The van der Waals surface area contributed by atoms with Crippen molar-refractivity contribution in [3.05, 3.63) is 47.8 Å². The maximum absolute atomic E-state index is 13.3. The number of anilines is 1. The Morgan fingerprint density at radius 1 is 1.20 bits per heavy atom. The summed E-state index contributed by atoms with van der Waals surface area (Å²) in [6.45, 7) is 0. The van der Waals surface area contributed by atoms with Crippen molar-refractivity contribution in [3.8, 4) is 0 Å². The molecule has 0 aliphatic heterocycles. The van der Waals surface area contributed by atoms with E-state index in [1.165, 1.54) is 12.4 Å². The zero-order chi connectivity index (χ0) is 10.7. The number of halogens is 1. The van der Waals surface area contributed by atoms with Gasteiger partial charge in [0.1, 0.15) is 18.0 Å². The van der Waals surface area contributed by atoms with Crippen molar-refractivity contribution in [3.63, 3.8) is 0 Å². The molecule has 0 spiro atoms. The van der Waals surface area contributed by atoms with Gasteiger partial charge in [0.2, 0.25) is 5.95 Å². The van der Waals surface area contributed by atoms with Crippen LogP contribution in [-0.4, -0.2) is 15.0 Å². The number of hydrogen-bond donors (Lipinski definition) is 1. The third kappa shape index (κ3) is 2.25. The first-order valence-electron chi connectivity index (χ1n) is 4.42. The number of nitrogen functional groups attached to an aromatic ring is 1. The molecule has 1 aromatic carbocycles. The summed E-state index contributed by atoms with van der Waals surface area (Å²) in [5, 5.41) is 0. The van der Waals surface area contributed by atoms with E-state index in [0.717, 1.165) is 0 Å². The quantitative estimate of drug-likeness (QED) is 0.797. The van der Waals surface area contributed by atoms with Crippen LogP contribution in [-0.2, 0) is 6.42 Å². The van der Waals surface area contributed by atoms with E-state index in [0.29, 0.717) is 17.8 Å². The second-order valence-corrected chi connectivity index (χ2v) is 3.03. The van der Waals surface area contributed by atoms with E-state index >= 15 is 0 Å². The number of nitrogens with zero attached hydrogens (tertiary/aromatic N) is 3. The fraction of sp³-hybridized carbons (Fsp3) is 0.100. The molecule has 1 aromatic heterocycles. The van der Waals surface area contributed by atoms with Crippen LogP contribution in [0.2, 0.25) is 0 Å². The van der Waals surface area contributed by atoms with Crippen molar-refractivity contribution in [2.75, 3.05) is 5.73 Å². The van der Waals surface area contributed by atoms with Crippen LogP contribution >= 0.6 is 0 Å². The summed E-state index contributed by atoms with van der Waals surface area (Å²) in [4.78, 5) is 11.5. The molecule has 0 saturated heterocycles. The number of nitrogens with two attached hydrogens (primary N) is 1. The van der Waals surface area contributed by atoms with Crippen LogP contribution in [0, 0.1) is 5.82 Å². The zero-order valence-electron chi connectivity index (χ0n) is 7.89. The minimum Gasteiger partial charge on any atom is -0.368 e. The third-order valence-electron chi connectivity index (χ3n) is 1.95. The lowest BCUT2D eigenvalue weighted by atomic mass is 10.1. The normalized spacial score (nSPS) is 10.2. The zero-order valence-corrected chi connectivity index (χ0v) is 7.89. The Bertz CT molecular complexity index is 472. The van der Waals surface area contributed by atoms with E-state index in [2.05, 4.69) is 15.0 Å². The molecule has 0 radical (unpaired) electrons. The smallest absolute Gasteiger partial charge is 0.223 e. The number of hydrogen-bond acceptors (Lipinski definition) is 4. The van der Waals surface area contributed by atoms with Gasteiger partial charge in [-0.2, -0.15) is 4.98 Å². The molecule has 4 nitrogen and oxygen atoms in total. The summed E-state index contributed by atoms with van der Waals surface area (Å²) in [5.41, 5.74) is 5.94. The van der Waals surface area contributed by atoms with E-state index in [-0.39, 0.29) is 11.8 Å². The molecule has 0 atom stereocenters. The lowest BCUT2D eigenvalue weighted by Crippen LogP contribution is -2.03. The highest BCUT2D eigenvalue weighted by atomic mass is 19.1. The van der Waals surface area contributed by atoms with Crippen LogP contribution in [0.1, 0.15) is 11.4 Å². The average molecular weight is 204 g/mol. The first-order chi connectivity index (χ1) is 7.25. The summed E-state index contributed by atoms with van der Waals surface area (Å²) >= 11 is 0. The van der Waals surface area contributed by atoms with E-state index in [4.69, 9.17) is 5.73 Å². The van der Waals surface area contributed by atoms with Gasteiger partial charge in [-0.15, -0.1) is 0 Å². The van der Waals surface area contributed by atoms with Gasteiger partial charge in [0, 0.05) is 6.42 Å². The maximum atomic E-state index is 13.3. The van der Waals surface area contributed by atoms with Crippen LogP contribution in [0.3, 0.4) is 0 Å². The van der Waals surface area contributed by atoms with Crippen LogP contribution in [0.5, 0.6) is 0 Å². The molecule has 0 aliphatic rings. The summed E-state index contributed by atoms with van der Waals surface area (Å²) in [5.74, 6) is 0.348. The molecule has 15 heavy (non-hydrogen) atoms. The first-order valence-corrected chi connectivity index (χ1v) is 4.42. The highest BCUT2D eigenvalue weighted by molar-refractivity contribution is 5.22. The number of aromatic nitrogens is 3. The van der Waals surface area contributed by atoms with Gasteiger partial charge in [-0.3, -0.25) is 0 Å². The summed E-state index contributed by atoms with van der Waals surface area (Å²) in [6, 6.07) is 6.50. The van der Waals surface area contributed by atoms with Crippen LogP contribution in [0.25, 0.3) is 0 Å². The monoisotopic (exact) mass is 204 g/mol. The molecule has 2 N–H and O–H groups in total. The highest BCUT2D eigenvalue weighted by Gasteiger charge is 2.04. The van der Waals surface area contributed by atoms with Gasteiger partial charge in [0.25, 0.3) is 0 Å². The Morgan fingerprint density at radius 2 is 2.00 bits per heavy atom. The third-order valence-corrected chi connectivity index (χ3v) is 1.95. The van der Waals surface area contributed by atoms with Crippen LogP contribution in [0.4, 0.5) is 10.3 Å². The van der Waals surface area contributed by atoms with Crippen molar-refractivity contribution in [1.82, 2.24) is 15.0 Å². The van der Waals surface area contributed by atoms with Gasteiger partial charge >= 0.3 is 0 Å². The standard InChI is InChI=1S/C10H9FN4/c11-8-4-2-1-3-7(8)5-9-13-6-14-10(12)15-9/h1-4,6H,5H2,(H2,12,13,14,15). The summed E-state index contributed by atoms with van der Waals surface area (Å²) in [6.07, 6.45) is 1.64. The van der Waals surface area contributed by atoms with E-state index < -0.39 is 0 Å². The second-order valence-electron chi connectivity index (χ2n) is 3.03. The fourth-order valence-electron chi connectivity index (χ4n) is 1.24. The minimum atomic E-state index is -0.267. The van der Waals surface area contributed by atoms with Crippen LogP contribution in [0.15, 0.2) is 30.6 Å². The predicted molar refractivity (Wildman–Crippen MR) is 53.4 cm³/mol. The van der Waals surface area contributed by atoms with Gasteiger partial charge in [-0.05, 0) is 11.6 Å². The first kappa shape index (κ1) is 9.51. The Kier molecular flexibility index (Phi) is 2.53. The average Bonchev–Trinajstić information content (AvgIpc) is 2.22. The summed E-state index contributed by atoms with van der Waals surface area (Å²) in [7, 11) is 0. The Hall–Kier alpha value is -2.04. The molecule has 76 valence electrons. The SMILES string of the molecule is Nc1ncnc(Cc2ccccc2F)n1. The molecule has 5 heteroatoms. The van der Waals surface area contributed by atoms with Crippen LogP contribution < -0.4 is 5.73 Å². The minimum absolute atomic E-state index is 0.149. The fourth-order valence-corrected chi connectivity index (χ4v) is 1.24. The van der Waals surface area contributed by atoms with Crippen molar-refractivity contribution in [1.29, 1.82) is 0 Å². The lowest BCUT2D eigenvalue weighted by Gasteiger charge is -2.01. The Morgan fingerprint density at radius 3 is 2.73 bits per heavy atom. The van der Waals surface area contributed by atoms with Gasteiger partial charge in [0.05, 0.1) is 0 Å². The van der Waals surface area contributed by atoms with E-state index in [1.807, 2.05) is 0 Å². The highest BCUT2D eigenvalue weighted by Crippen LogP contribution is 2.10. The Labute approximate surface area is 86.0 Å². The van der Waals surface area contributed by atoms with Gasteiger partial charge in [-0.25, -0.2) is 14.4 Å². The van der Waals surface area contributed by atoms with Gasteiger partial charge in [-0.1, -0.05) is 18.2 Å². The lowest BCUT2D eigenvalue weighted by molar-refractivity contribution is 0.612. The van der Waals surface area contributed by atoms with E-state index in [9.17, 15) is 4.39 Å². The molecule has 1 heterocycles. The van der Waals surface area contributed by atoms with Crippen molar-refractivity contribution in [2.45, 2.75) is 6.42 Å². The molecule has 0 bridgehead atoms. The molecule has 2 rings (SSSR count). The summed E-state index contributed by atoms with van der Waals surface area (Å²) < 4.78 is 13.3. The molecular formula is C10H9FN4. The van der Waals surface area contributed by atoms with Crippen molar-refractivity contribution >= 4 is 5.95 Å². The molecular weight excluding hydrogens is 195 g/mol. The molecule has 0 fully saturated rings. The predicted octanol–water partition coefficient (Wildman–Crippen LogP) is 1.18. The molecule has 0 aliphatic carbocycles. The molecule has 0 unspecified atom stereocenters. The largest absolute Gasteiger partial charge is 0.368 e. The van der Waals surface area contributed by atoms with Gasteiger partial charge < -0.3 is 5.73 Å². The molecule has 0 amide bonds. The topological polar surface area (TPSA) is 64.7 Å². The number of benzene rings is 1. The van der Waals surface area contributed by atoms with Gasteiger partial charge in [0.15, 0.2) is 0 Å². The molecule has 2 aromatic rings. The van der Waals surface area contributed by atoms with Crippen molar-refractivity contribution < 1.29 is 4.39 Å².